The molecule has 172 valence electrons. The average Bonchev–Trinajstić information content (AvgIpc) is 2.81. The number of thioether (sulfide) groups is 1. The van der Waals surface area contributed by atoms with Crippen molar-refractivity contribution < 1.29 is 5.11 Å². The highest BCUT2D eigenvalue weighted by atomic mass is 32.2. The lowest BCUT2D eigenvalue weighted by molar-refractivity contribution is 0.217. The zero-order valence-electron chi connectivity index (χ0n) is 19.4. The molecule has 1 aliphatic rings. The molecule has 0 fully saturated rings. The lowest BCUT2D eigenvalue weighted by Crippen LogP contribution is -2.17. The summed E-state index contributed by atoms with van der Waals surface area (Å²) in [5, 5.41) is 17.4. The van der Waals surface area contributed by atoms with Gasteiger partial charge in [-0.15, -0.1) is 11.8 Å². The van der Waals surface area contributed by atoms with Gasteiger partial charge in [0.15, 0.2) is 0 Å². The second kappa shape index (κ2) is 10.8. The number of benzene rings is 2. The Morgan fingerprint density at radius 3 is 2.73 bits per heavy atom. The Morgan fingerprint density at radius 2 is 1.94 bits per heavy atom. The van der Waals surface area contributed by atoms with Gasteiger partial charge in [-0.2, -0.15) is 4.98 Å². The number of hydrogen-bond donors (Lipinski definition) is 3. The van der Waals surface area contributed by atoms with Crippen molar-refractivity contribution in [3.8, 4) is 0 Å². The van der Waals surface area contributed by atoms with Crippen LogP contribution in [-0.2, 0) is 5.75 Å². The Labute approximate surface area is 200 Å². The smallest absolute Gasteiger partial charge is 0.229 e. The van der Waals surface area contributed by atoms with E-state index in [2.05, 4.69) is 54.8 Å². The molecule has 33 heavy (non-hydrogen) atoms. The van der Waals surface area contributed by atoms with Gasteiger partial charge in [0.05, 0.1) is 16.9 Å². The maximum Gasteiger partial charge on any atom is 0.229 e. The van der Waals surface area contributed by atoms with Crippen molar-refractivity contribution in [2.24, 2.45) is 10.9 Å². The van der Waals surface area contributed by atoms with E-state index in [-0.39, 0.29) is 12.5 Å². The number of rotatable bonds is 9. The third kappa shape index (κ3) is 5.72. The standard InChI is InChI=1S/C26H31N5OS/c1-4-19(15-32)12-13-27-24-23(25-30-22-11-6-5-9-20(22)16-33-25)18(3)28-26(31-24)29-21-10-7-8-17(2)14-21/h5-11,14,19,32H,4,12-13,15-16H2,1-3H3,(H2,27,28,29,31). The van der Waals surface area contributed by atoms with Gasteiger partial charge in [-0.1, -0.05) is 43.7 Å². The molecule has 2 aromatic carbocycles. The second-order valence-electron chi connectivity index (χ2n) is 8.36. The highest BCUT2D eigenvalue weighted by molar-refractivity contribution is 8.13. The van der Waals surface area contributed by atoms with Crippen LogP contribution in [0.5, 0.6) is 0 Å². The molecule has 1 atom stereocenters. The third-order valence-electron chi connectivity index (χ3n) is 5.84. The van der Waals surface area contributed by atoms with Crippen LogP contribution in [0.25, 0.3) is 0 Å². The van der Waals surface area contributed by atoms with Gasteiger partial charge in [0.2, 0.25) is 5.95 Å². The molecular weight excluding hydrogens is 430 g/mol. The SMILES string of the molecule is CCC(CO)CCNc1nc(Nc2cccc(C)c2)nc(C)c1C1=Nc2ccccc2CS1. The molecule has 1 unspecified atom stereocenters. The number of para-hydroxylation sites is 1. The van der Waals surface area contributed by atoms with Crippen LogP contribution in [0.2, 0.25) is 0 Å². The Bertz CT molecular complexity index is 1140. The number of nitrogens with one attached hydrogen (secondary N) is 2. The molecule has 0 saturated heterocycles. The van der Waals surface area contributed by atoms with Crippen LogP contribution in [-0.4, -0.2) is 33.3 Å². The Balaban J connectivity index is 1.67. The zero-order valence-corrected chi connectivity index (χ0v) is 20.2. The van der Waals surface area contributed by atoms with Crippen molar-refractivity contribution >= 4 is 39.9 Å². The van der Waals surface area contributed by atoms with Crippen LogP contribution in [0, 0.1) is 19.8 Å². The summed E-state index contributed by atoms with van der Waals surface area (Å²) >= 11 is 1.72. The number of aromatic nitrogens is 2. The quantitative estimate of drug-likeness (QED) is 0.363. The maximum absolute atomic E-state index is 9.56. The van der Waals surface area contributed by atoms with Crippen LogP contribution < -0.4 is 10.6 Å². The molecule has 0 spiro atoms. The largest absolute Gasteiger partial charge is 0.396 e. The Kier molecular flexibility index (Phi) is 7.62. The molecule has 1 aliphatic heterocycles. The van der Waals surface area contributed by atoms with E-state index < -0.39 is 0 Å². The van der Waals surface area contributed by atoms with E-state index in [1.165, 1.54) is 11.1 Å². The Hall–Kier alpha value is -2.90. The van der Waals surface area contributed by atoms with Crippen molar-refractivity contribution in [2.45, 2.75) is 39.4 Å². The molecule has 0 aliphatic carbocycles. The van der Waals surface area contributed by atoms with Crippen LogP contribution in [0.15, 0.2) is 53.5 Å². The van der Waals surface area contributed by atoms with Crippen molar-refractivity contribution in [3.05, 3.63) is 70.9 Å². The van der Waals surface area contributed by atoms with Gasteiger partial charge >= 0.3 is 0 Å². The fourth-order valence-electron chi connectivity index (χ4n) is 3.84. The van der Waals surface area contributed by atoms with E-state index >= 15 is 0 Å². The van der Waals surface area contributed by atoms with Crippen molar-refractivity contribution in [1.29, 1.82) is 0 Å². The number of aryl methyl sites for hydroxylation is 2. The summed E-state index contributed by atoms with van der Waals surface area (Å²) in [6.07, 6.45) is 1.83. The summed E-state index contributed by atoms with van der Waals surface area (Å²) in [5.41, 5.74) is 6.20. The van der Waals surface area contributed by atoms with E-state index in [1.54, 1.807) is 11.8 Å². The van der Waals surface area contributed by atoms with Gasteiger partial charge in [0.1, 0.15) is 10.9 Å². The predicted octanol–water partition coefficient (Wildman–Crippen LogP) is 5.98. The van der Waals surface area contributed by atoms with Crippen molar-refractivity contribution in [3.63, 3.8) is 0 Å². The number of nitrogens with zero attached hydrogens (tertiary/aromatic N) is 3. The summed E-state index contributed by atoms with van der Waals surface area (Å²) < 4.78 is 0. The molecular formula is C26H31N5OS. The summed E-state index contributed by atoms with van der Waals surface area (Å²) in [5.74, 6) is 2.48. The molecule has 0 amide bonds. The molecule has 1 aromatic heterocycles. The first-order valence-electron chi connectivity index (χ1n) is 11.4. The second-order valence-corrected chi connectivity index (χ2v) is 9.32. The molecule has 3 N–H and O–H groups in total. The number of aliphatic hydroxyl groups excluding tert-OH is 1. The fourth-order valence-corrected chi connectivity index (χ4v) is 4.93. The summed E-state index contributed by atoms with van der Waals surface area (Å²) in [6.45, 7) is 7.11. The number of fused-ring (bicyclic) bond motifs is 1. The highest BCUT2D eigenvalue weighted by Crippen LogP contribution is 2.36. The summed E-state index contributed by atoms with van der Waals surface area (Å²) in [7, 11) is 0. The predicted molar refractivity (Wildman–Crippen MR) is 139 cm³/mol. The first-order valence-corrected chi connectivity index (χ1v) is 12.4. The number of hydrogen-bond acceptors (Lipinski definition) is 7. The van der Waals surface area contributed by atoms with Gasteiger partial charge in [-0.05, 0) is 55.5 Å². The van der Waals surface area contributed by atoms with Crippen LogP contribution in [0.4, 0.5) is 23.1 Å². The first kappa shape index (κ1) is 23.3. The van der Waals surface area contributed by atoms with Crippen LogP contribution in [0.3, 0.4) is 0 Å². The molecule has 0 saturated carbocycles. The van der Waals surface area contributed by atoms with Gasteiger partial charge in [-0.25, -0.2) is 9.98 Å². The monoisotopic (exact) mass is 461 g/mol. The lowest BCUT2D eigenvalue weighted by Gasteiger charge is -2.20. The molecule has 6 nitrogen and oxygen atoms in total. The van der Waals surface area contributed by atoms with Crippen molar-refractivity contribution in [1.82, 2.24) is 9.97 Å². The molecule has 2 heterocycles. The van der Waals surface area contributed by atoms with Gasteiger partial charge in [0, 0.05) is 24.6 Å². The van der Waals surface area contributed by atoms with E-state index in [0.29, 0.717) is 5.95 Å². The molecule has 3 aromatic rings. The molecule has 4 rings (SSSR count). The number of aliphatic imine (C=N–C) groups is 1. The van der Waals surface area contributed by atoms with E-state index in [4.69, 9.17) is 15.0 Å². The van der Waals surface area contributed by atoms with Crippen LogP contribution in [0.1, 0.15) is 42.1 Å². The average molecular weight is 462 g/mol. The van der Waals surface area contributed by atoms with Gasteiger partial charge in [0.25, 0.3) is 0 Å². The maximum atomic E-state index is 9.56. The topological polar surface area (TPSA) is 82.4 Å². The molecule has 0 radical (unpaired) electrons. The number of anilines is 3. The van der Waals surface area contributed by atoms with Gasteiger partial charge in [-0.3, -0.25) is 0 Å². The summed E-state index contributed by atoms with van der Waals surface area (Å²) in [6, 6.07) is 16.4. The lowest BCUT2D eigenvalue weighted by atomic mass is 10.0. The normalized spacial score (nSPS) is 13.8. The zero-order chi connectivity index (χ0) is 23.2. The van der Waals surface area contributed by atoms with E-state index in [0.717, 1.165) is 58.6 Å². The highest BCUT2D eigenvalue weighted by Gasteiger charge is 2.22. The minimum atomic E-state index is 0.202. The minimum absolute atomic E-state index is 0.202. The van der Waals surface area contributed by atoms with Gasteiger partial charge < -0.3 is 15.7 Å². The van der Waals surface area contributed by atoms with E-state index in [1.807, 2.05) is 25.1 Å². The molecule has 7 heteroatoms. The molecule has 0 bridgehead atoms. The number of aliphatic hydroxyl groups is 1. The van der Waals surface area contributed by atoms with Crippen LogP contribution >= 0.6 is 11.8 Å². The van der Waals surface area contributed by atoms with E-state index in [9.17, 15) is 5.11 Å². The minimum Gasteiger partial charge on any atom is -0.396 e. The fraction of sp³-hybridized carbons (Fsp3) is 0.346. The summed E-state index contributed by atoms with van der Waals surface area (Å²) in [4.78, 5) is 14.6. The van der Waals surface area contributed by atoms with Crippen molar-refractivity contribution in [2.75, 3.05) is 23.8 Å². The Morgan fingerprint density at radius 1 is 1.09 bits per heavy atom. The third-order valence-corrected chi connectivity index (χ3v) is 6.86. The first-order chi connectivity index (χ1) is 16.1.